The third-order valence-electron chi connectivity index (χ3n) is 3.03. The number of aromatic nitrogens is 3. The quantitative estimate of drug-likeness (QED) is 0.658. The lowest BCUT2D eigenvalue weighted by Gasteiger charge is -2.18. The molecule has 0 spiro atoms. The molecule has 0 fully saturated rings. The van der Waals surface area contributed by atoms with Crippen LogP contribution in [-0.4, -0.2) is 47.1 Å². The minimum Gasteiger partial charge on any atom is -0.354 e. The number of anilines is 2. The first-order chi connectivity index (χ1) is 10.8. The molecule has 0 aromatic carbocycles. The minimum atomic E-state index is -4.47. The summed E-state index contributed by atoms with van der Waals surface area (Å²) in [5.41, 5.74) is 0. The molecule has 23 heavy (non-hydrogen) atoms. The van der Waals surface area contributed by atoms with Crippen LogP contribution in [0, 0.1) is 5.92 Å². The Bertz CT molecular complexity index is 481. The maximum Gasteiger partial charge on any atom is 0.408 e. The van der Waals surface area contributed by atoms with Crippen LogP contribution in [0.1, 0.15) is 19.8 Å². The summed E-state index contributed by atoms with van der Waals surface area (Å²) in [4.78, 5) is 11.0. The van der Waals surface area contributed by atoms with Crippen molar-refractivity contribution in [3.05, 3.63) is 5.28 Å². The smallest absolute Gasteiger partial charge is 0.354 e. The molecule has 1 atom stereocenters. The van der Waals surface area contributed by atoms with Crippen molar-refractivity contribution in [3.63, 3.8) is 0 Å². The maximum absolute atomic E-state index is 12.5. The van der Waals surface area contributed by atoms with Gasteiger partial charge in [0.05, 0.1) is 13.3 Å². The third-order valence-corrected chi connectivity index (χ3v) is 3.20. The van der Waals surface area contributed by atoms with Gasteiger partial charge in [-0.05, 0) is 37.3 Å². The van der Waals surface area contributed by atoms with E-state index >= 15 is 0 Å². The lowest BCUT2D eigenvalue weighted by molar-refractivity contribution is -0.138. The van der Waals surface area contributed by atoms with Crippen LogP contribution in [-0.2, 0) is 0 Å². The number of rotatable bonds is 9. The molecule has 1 aromatic heterocycles. The highest BCUT2D eigenvalue weighted by atomic mass is 35.5. The molecule has 0 bridgehead atoms. The van der Waals surface area contributed by atoms with Crippen molar-refractivity contribution < 1.29 is 22.0 Å². The fourth-order valence-corrected chi connectivity index (χ4v) is 1.82. The highest BCUT2D eigenvalue weighted by Crippen LogP contribution is 2.22. The van der Waals surface area contributed by atoms with Crippen molar-refractivity contribution in [1.82, 2.24) is 15.0 Å². The van der Waals surface area contributed by atoms with Crippen LogP contribution in [0.5, 0.6) is 0 Å². The van der Waals surface area contributed by atoms with Crippen LogP contribution >= 0.6 is 11.6 Å². The molecule has 0 radical (unpaired) electrons. The molecule has 0 aliphatic carbocycles. The molecule has 11 heteroatoms. The number of hydrogen-bond acceptors (Lipinski definition) is 5. The van der Waals surface area contributed by atoms with Crippen LogP contribution in [0.2, 0.25) is 5.28 Å². The monoisotopic (exact) mass is 361 g/mol. The molecule has 132 valence electrons. The van der Waals surface area contributed by atoms with E-state index in [9.17, 15) is 22.0 Å². The summed E-state index contributed by atoms with van der Waals surface area (Å²) < 4.78 is 62.2. The molecule has 0 unspecified atom stereocenters. The zero-order valence-electron chi connectivity index (χ0n) is 12.3. The van der Waals surface area contributed by atoms with Crippen molar-refractivity contribution in [2.24, 2.45) is 5.92 Å². The van der Waals surface area contributed by atoms with Gasteiger partial charge in [-0.15, -0.1) is 0 Å². The summed E-state index contributed by atoms with van der Waals surface area (Å²) in [6, 6.07) is -1.88. The van der Waals surface area contributed by atoms with Crippen molar-refractivity contribution in [3.8, 4) is 0 Å². The van der Waals surface area contributed by atoms with Gasteiger partial charge in [0, 0.05) is 6.54 Å². The lowest BCUT2D eigenvalue weighted by Crippen LogP contribution is -2.34. The maximum atomic E-state index is 12.5. The minimum absolute atomic E-state index is 0.0652. The van der Waals surface area contributed by atoms with Crippen LogP contribution in [0.3, 0.4) is 0 Å². The van der Waals surface area contributed by atoms with Crippen molar-refractivity contribution in [1.29, 1.82) is 0 Å². The average Bonchev–Trinajstić information content (AvgIpc) is 2.43. The van der Waals surface area contributed by atoms with E-state index < -0.39 is 25.6 Å². The predicted molar refractivity (Wildman–Crippen MR) is 77.1 cm³/mol. The summed E-state index contributed by atoms with van der Waals surface area (Å²) in [6.45, 7) is -0.119. The fourth-order valence-electron chi connectivity index (χ4n) is 1.66. The van der Waals surface area contributed by atoms with Gasteiger partial charge >= 0.3 is 6.18 Å². The molecule has 5 nitrogen and oxygen atoms in total. The van der Waals surface area contributed by atoms with E-state index in [1.54, 1.807) is 0 Å². The number of nitrogens with zero attached hydrogens (tertiary/aromatic N) is 3. The Morgan fingerprint density at radius 2 is 1.61 bits per heavy atom. The zero-order chi connectivity index (χ0) is 17.5. The first kappa shape index (κ1) is 19.6. The van der Waals surface area contributed by atoms with E-state index in [1.165, 1.54) is 0 Å². The molecule has 0 saturated heterocycles. The third kappa shape index (κ3) is 7.10. The normalized spacial score (nSPS) is 13.2. The van der Waals surface area contributed by atoms with Gasteiger partial charge in [0.1, 0.15) is 6.04 Å². The van der Waals surface area contributed by atoms with Crippen LogP contribution in [0.15, 0.2) is 0 Å². The molecule has 2 N–H and O–H groups in total. The Hall–Kier alpha value is -1.45. The van der Waals surface area contributed by atoms with Gasteiger partial charge in [-0.3, -0.25) is 8.78 Å². The van der Waals surface area contributed by atoms with Gasteiger partial charge in [-0.1, -0.05) is 0 Å². The van der Waals surface area contributed by atoms with E-state index in [2.05, 4.69) is 25.6 Å². The Morgan fingerprint density at radius 1 is 1.04 bits per heavy atom. The molecule has 1 rings (SSSR count). The summed E-state index contributed by atoms with van der Waals surface area (Å²) in [5.74, 6) is -0.694. The largest absolute Gasteiger partial charge is 0.408 e. The molecule has 0 saturated carbocycles. The Kier molecular flexibility index (Phi) is 7.66. The van der Waals surface area contributed by atoms with Crippen molar-refractivity contribution in [2.45, 2.75) is 32.0 Å². The lowest BCUT2D eigenvalue weighted by atomic mass is 10.0. The number of halogens is 6. The van der Waals surface area contributed by atoms with Crippen LogP contribution < -0.4 is 10.6 Å². The molecule has 0 amide bonds. The van der Waals surface area contributed by atoms with E-state index in [1.807, 2.05) is 0 Å². The summed E-state index contributed by atoms with van der Waals surface area (Å²) in [7, 11) is 0. The second kappa shape index (κ2) is 8.99. The summed E-state index contributed by atoms with van der Waals surface area (Å²) in [6.07, 6.45) is -4.15. The molecular weight excluding hydrogens is 345 g/mol. The van der Waals surface area contributed by atoms with E-state index in [-0.39, 0.29) is 42.5 Å². The van der Waals surface area contributed by atoms with Gasteiger partial charge < -0.3 is 10.6 Å². The van der Waals surface area contributed by atoms with Crippen LogP contribution in [0.25, 0.3) is 0 Å². The van der Waals surface area contributed by atoms with Gasteiger partial charge in [0.15, 0.2) is 0 Å². The Balaban J connectivity index is 2.73. The number of nitrogens with one attached hydrogen (secondary N) is 2. The van der Waals surface area contributed by atoms with Gasteiger partial charge in [0.2, 0.25) is 17.2 Å². The number of alkyl halides is 5. The predicted octanol–water partition coefficient (Wildman–Crippen LogP) is 3.64. The SMILES string of the molecule is C[C@@H](Nc1nc(Cl)nc(NCC(CCF)CCF)n1)C(F)(F)F. The second-order valence-corrected chi connectivity index (χ2v) is 5.20. The topological polar surface area (TPSA) is 62.7 Å². The summed E-state index contributed by atoms with van der Waals surface area (Å²) in [5, 5.41) is 4.48. The van der Waals surface area contributed by atoms with Gasteiger partial charge in [-0.25, -0.2) is 0 Å². The zero-order valence-corrected chi connectivity index (χ0v) is 13.1. The highest BCUT2D eigenvalue weighted by Gasteiger charge is 2.36. The van der Waals surface area contributed by atoms with Gasteiger partial charge in [-0.2, -0.15) is 28.1 Å². The average molecular weight is 362 g/mol. The van der Waals surface area contributed by atoms with E-state index in [4.69, 9.17) is 11.6 Å². The van der Waals surface area contributed by atoms with E-state index in [0.29, 0.717) is 0 Å². The Labute approximate surface area is 135 Å². The van der Waals surface area contributed by atoms with Crippen molar-refractivity contribution in [2.75, 3.05) is 30.5 Å². The molecule has 0 aliphatic heterocycles. The molecule has 0 aliphatic rings. The number of hydrogen-bond donors (Lipinski definition) is 2. The van der Waals surface area contributed by atoms with E-state index in [0.717, 1.165) is 6.92 Å². The fraction of sp³-hybridized carbons (Fsp3) is 0.750. The van der Waals surface area contributed by atoms with Crippen LogP contribution in [0.4, 0.5) is 33.8 Å². The standard InChI is InChI=1S/C12H17ClF5N5/c1-7(12(16,17)18)20-11-22-9(13)21-10(23-11)19-6-8(2-4-14)3-5-15/h7-8H,2-6H2,1H3,(H2,19,20,21,22,23)/t7-/m1/s1. The Morgan fingerprint density at radius 3 is 2.13 bits per heavy atom. The first-order valence-electron chi connectivity index (χ1n) is 6.87. The molecular formula is C12H17ClF5N5. The molecule has 1 heterocycles. The molecule has 1 aromatic rings. The summed E-state index contributed by atoms with van der Waals surface area (Å²) >= 11 is 5.64. The van der Waals surface area contributed by atoms with Gasteiger partial charge in [0.25, 0.3) is 0 Å². The first-order valence-corrected chi connectivity index (χ1v) is 7.24. The highest BCUT2D eigenvalue weighted by molar-refractivity contribution is 6.28. The second-order valence-electron chi connectivity index (χ2n) is 4.86. The van der Waals surface area contributed by atoms with Crippen molar-refractivity contribution >= 4 is 23.5 Å².